The van der Waals surface area contributed by atoms with E-state index in [-0.39, 0.29) is 5.91 Å². The number of carbonyl (C=O) groups excluding carboxylic acids is 1. The number of rotatable bonds is 10. The lowest BCUT2D eigenvalue weighted by molar-refractivity contribution is -0.121. The van der Waals surface area contributed by atoms with Crippen LogP contribution in [0.1, 0.15) is 43.7 Å². The third-order valence-corrected chi connectivity index (χ3v) is 6.83. The van der Waals surface area contributed by atoms with Gasteiger partial charge in [-0.3, -0.25) is 9.69 Å². The van der Waals surface area contributed by atoms with Crippen molar-refractivity contribution in [1.82, 2.24) is 4.90 Å². The highest BCUT2D eigenvalue weighted by Gasteiger charge is 2.28. The largest absolute Gasteiger partial charge is 0.493 e. The second-order valence-corrected chi connectivity index (χ2v) is 9.26. The Morgan fingerprint density at radius 1 is 1.09 bits per heavy atom. The molecule has 1 aliphatic rings. The molecular formula is C25H29NO4S2. The van der Waals surface area contributed by atoms with E-state index in [0.717, 1.165) is 24.2 Å². The van der Waals surface area contributed by atoms with Gasteiger partial charge in [0.25, 0.3) is 5.91 Å². The summed E-state index contributed by atoms with van der Waals surface area (Å²) in [6, 6.07) is 13.9. The van der Waals surface area contributed by atoms with Crippen molar-refractivity contribution in [2.45, 2.75) is 32.6 Å². The Morgan fingerprint density at radius 3 is 2.44 bits per heavy atom. The number of likely N-dealkylation sites (N-methyl/N-ethyl adjacent to an activating group) is 1. The average Bonchev–Trinajstić information content (AvgIpc) is 3.05. The number of amides is 1. The molecule has 1 aliphatic heterocycles. The van der Waals surface area contributed by atoms with Crippen molar-refractivity contribution >= 4 is 40.3 Å². The number of hydrogen-bond acceptors (Lipinski definition) is 6. The highest BCUT2D eigenvalue weighted by atomic mass is 32.2. The highest BCUT2D eigenvalue weighted by molar-refractivity contribution is 8.26. The predicted molar refractivity (Wildman–Crippen MR) is 135 cm³/mol. The topological polar surface area (TPSA) is 48.0 Å². The van der Waals surface area contributed by atoms with Gasteiger partial charge < -0.3 is 14.2 Å². The number of methoxy groups -OCH3 is 1. The smallest absolute Gasteiger partial charge is 0.265 e. The van der Waals surface area contributed by atoms with E-state index in [9.17, 15) is 4.79 Å². The lowest BCUT2D eigenvalue weighted by Crippen LogP contribution is -2.22. The first-order chi connectivity index (χ1) is 15.4. The monoisotopic (exact) mass is 471 g/mol. The summed E-state index contributed by atoms with van der Waals surface area (Å²) in [5.41, 5.74) is 2.19. The zero-order chi connectivity index (χ0) is 23.1. The molecule has 0 radical (unpaired) electrons. The van der Waals surface area contributed by atoms with Gasteiger partial charge in [-0.15, -0.1) is 0 Å². The molecule has 0 aliphatic carbocycles. The van der Waals surface area contributed by atoms with Crippen molar-refractivity contribution in [1.29, 1.82) is 0 Å². The van der Waals surface area contributed by atoms with Gasteiger partial charge in [-0.2, -0.15) is 0 Å². The first kappa shape index (κ1) is 24.1. The van der Waals surface area contributed by atoms with Crippen LogP contribution in [0.25, 0.3) is 6.08 Å². The van der Waals surface area contributed by atoms with Gasteiger partial charge in [-0.05, 0) is 53.8 Å². The number of thiocarbonyl (C=S) groups is 1. The van der Waals surface area contributed by atoms with Crippen LogP contribution in [-0.2, 0) is 4.79 Å². The maximum Gasteiger partial charge on any atom is 0.265 e. The van der Waals surface area contributed by atoms with E-state index in [4.69, 9.17) is 26.4 Å². The van der Waals surface area contributed by atoms with Crippen LogP contribution in [0.2, 0.25) is 0 Å². The molecule has 32 heavy (non-hydrogen) atoms. The molecule has 1 fully saturated rings. The van der Waals surface area contributed by atoms with E-state index in [1.807, 2.05) is 36.4 Å². The van der Waals surface area contributed by atoms with Gasteiger partial charge in [0, 0.05) is 13.5 Å². The number of carbonyl (C=O) groups is 1. The van der Waals surface area contributed by atoms with Crippen LogP contribution in [-0.4, -0.2) is 42.5 Å². The van der Waals surface area contributed by atoms with Crippen LogP contribution < -0.4 is 14.2 Å². The molecule has 0 aromatic heterocycles. The number of hydrogen-bond donors (Lipinski definition) is 0. The minimum atomic E-state index is -0.0891. The Bertz CT molecular complexity index is 988. The molecule has 0 spiro atoms. The Balaban J connectivity index is 1.50. The molecule has 0 saturated carbocycles. The van der Waals surface area contributed by atoms with E-state index in [1.54, 1.807) is 14.2 Å². The summed E-state index contributed by atoms with van der Waals surface area (Å²) >= 11 is 6.47. The van der Waals surface area contributed by atoms with Crippen LogP contribution in [0.5, 0.6) is 17.2 Å². The molecule has 0 N–H and O–H groups in total. The second kappa shape index (κ2) is 11.4. The molecule has 7 heteroatoms. The Kier molecular flexibility index (Phi) is 8.59. The predicted octanol–water partition coefficient (Wildman–Crippen LogP) is 5.89. The summed E-state index contributed by atoms with van der Waals surface area (Å²) in [7, 11) is 3.28. The fourth-order valence-corrected chi connectivity index (χ4v) is 4.33. The van der Waals surface area contributed by atoms with Crippen LogP contribution >= 0.6 is 24.0 Å². The average molecular weight is 472 g/mol. The van der Waals surface area contributed by atoms with Gasteiger partial charge >= 0.3 is 0 Å². The normalized spacial score (nSPS) is 15.9. The first-order valence-corrected chi connectivity index (χ1v) is 11.9. The molecule has 1 saturated heterocycles. The quantitative estimate of drug-likeness (QED) is 0.245. The van der Waals surface area contributed by atoms with Gasteiger partial charge in [-0.25, -0.2) is 0 Å². The lowest BCUT2D eigenvalue weighted by atomic mass is 9.99. The van der Waals surface area contributed by atoms with Crippen molar-refractivity contribution in [3.05, 3.63) is 58.5 Å². The Morgan fingerprint density at radius 2 is 1.81 bits per heavy atom. The van der Waals surface area contributed by atoms with E-state index in [2.05, 4.69) is 26.0 Å². The van der Waals surface area contributed by atoms with Crippen molar-refractivity contribution < 1.29 is 19.0 Å². The van der Waals surface area contributed by atoms with Gasteiger partial charge in [0.1, 0.15) is 10.1 Å². The fourth-order valence-electron chi connectivity index (χ4n) is 3.15. The van der Waals surface area contributed by atoms with Crippen molar-refractivity contribution in [2.75, 3.05) is 27.4 Å². The van der Waals surface area contributed by atoms with Crippen molar-refractivity contribution in [3.8, 4) is 17.2 Å². The Labute approximate surface area is 199 Å². The van der Waals surface area contributed by atoms with Crippen LogP contribution in [0.4, 0.5) is 0 Å². The van der Waals surface area contributed by atoms with Crippen LogP contribution in [0, 0.1) is 0 Å². The Hall–Kier alpha value is -2.51. The van der Waals surface area contributed by atoms with Gasteiger partial charge in [0.15, 0.2) is 11.5 Å². The van der Waals surface area contributed by atoms with E-state index < -0.39 is 0 Å². The number of nitrogens with zero attached hydrogens (tertiary/aromatic N) is 1. The van der Waals surface area contributed by atoms with Crippen molar-refractivity contribution in [3.63, 3.8) is 0 Å². The van der Waals surface area contributed by atoms with Crippen molar-refractivity contribution in [2.24, 2.45) is 0 Å². The molecule has 1 atom stereocenters. The number of ether oxygens (including phenoxy) is 3. The molecule has 0 bridgehead atoms. The standard InChI is InChI=1S/C25H29NO4S2/c1-5-17(2)19-8-10-20(11-9-19)29-13-6-14-30-21-12-7-18(15-22(21)28-4)16-23-24(27)26(3)25(31)32-23/h7-12,15-17H,5-6,13-14H2,1-4H3/b23-16-. The molecule has 2 aromatic rings. The molecule has 1 unspecified atom stereocenters. The summed E-state index contributed by atoms with van der Waals surface area (Å²) in [6.07, 6.45) is 3.69. The highest BCUT2D eigenvalue weighted by Crippen LogP contribution is 2.34. The van der Waals surface area contributed by atoms with Crippen LogP contribution in [0.3, 0.4) is 0 Å². The maximum atomic E-state index is 12.2. The molecule has 3 rings (SSSR count). The zero-order valence-electron chi connectivity index (χ0n) is 18.9. The molecule has 1 heterocycles. The SMILES string of the molecule is CCC(C)c1ccc(OCCCOc2ccc(/C=C3\SC(=S)N(C)C3=O)cc2OC)cc1. The summed E-state index contributed by atoms with van der Waals surface area (Å²) in [5.74, 6) is 2.62. The van der Waals surface area contributed by atoms with Gasteiger partial charge in [0.2, 0.25) is 0 Å². The fraction of sp³-hybridized carbons (Fsp3) is 0.360. The summed E-state index contributed by atoms with van der Waals surface area (Å²) in [4.78, 5) is 14.3. The van der Waals surface area contributed by atoms with E-state index in [1.165, 1.54) is 22.2 Å². The number of thioether (sulfide) groups is 1. The molecular weight excluding hydrogens is 442 g/mol. The third-order valence-electron chi connectivity index (χ3n) is 5.35. The minimum Gasteiger partial charge on any atom is -0.493 e. The number of benzene rings is 2. The molecule has 5 nitrogen and oxygen atoms in total. The lowest BCUT2D eigenvalue weighted by Gasteiger charge is -2.13. The molecule has 2 aromatic carbocycles. The van der Waals surface area contributed by atoms with Gasteiger partial charge in [-0.1, -0.05) is 56.0 Å². The summed E-state index contributed by atoms with van der Waals surface area (Å²) < 4.78 is 17.7. The third kappa shape index (κ3) is 6.04. The molecule has 170 valence electrons. The summed E-state index contributed by atoms with van der Waals surface area (Å²) in [6.45, 7) is 5.50. The maximum absolute atomic E-state index is 12.2. The minimum absolute atomic E-state index is 0.0891. The first-order valence-electron chi connectivity index (χ1n) is 10.7. The van der Waals surface area contributed by atoms with Gasteiger partial charge in [0.05, 0.1) is 25.2 Å². The second-order valence-electron chi connectivity index (χ2n) is 7.58. The molecule has 1 amide bonds. The van der Waals surface area contributed by atoms with E-state index in [0.29, 0.717) is 39.9 Å². The zero-order valence-corrected chi connectivity index (χ0v) is 20.6. The summed E-state index contributed by atoms with van der Waals surface area (Å²) in [5, 5.41) is 0. The van der Waals surface area contributed by atoms with E-state index >= 15 is 0 Å². The van der Waals surface area contributed by atoms with Crippen LogP contribution in [0.15, 0.2) is 47.4 Å².